The van der Waals surface area contributed by atoms with Crippen LogP contribution >= 0.6 is 0 Å². The molecule has 0 saturated carbocycles. The van der Waals surface area contributed by atoms with Crippen LogP contribution in [0.5, 0.6) is 0 Å². The van der Waals surface area contributed by atoms with E-state index in [-0.39, 0.29) is 11.2 Å². The summed E-state index contributed by atoms with van der Waals surface area (Å²) in [7, 11) is 0. The van der Waals surface area contributed by atoms with Gasteiger partial charge in [0.2, 0.25) is 0 Å². The molecule has 0 aliphatic carbocycles. The second-order valence-corrected chi connectivity index (χ2v) is 8.16. The fourth-order valence-electron chi connectivity index (χ4n) is 4.12. The Kier molecular flexibility index (Phi) is 5.35. The highest BCUT2D eigenvalue weighted by Crippen LogP contribution is 2.35. The lowest BCUT2D eigenvalue weighted by molar-refractivity contribution is -0.187. The van der Waals surface area contributed by atoms with Gasteiger partial charge in [-0.1, -0.05) is 6.92 Å². The van der Waals surface area contributed by atoms with E-state index in [1.807, 2.05) is 0 Å². The van der Waals surface area contributed by atoms with Crippen molar-refractivity contribution in [1.82, 2.24) is 10.2 Å². The molecule has 0 unspecified atom stereocenters. The number of ether oxygens (including phenoxy) is 2. The highest BCUT2D eigenvalue weighted by atomic mass is 16.5. The largest absolute Gasteiger partial charge is 0.381 e. The SMILES string of the molecule is CCNCC1(CN2CC(C)(C)OC(C)(C)C2)CCOCC1. The lowest BCUT2D eigenvalue weighted by Crippen LogP contribution is -2.60. The van der Waals surface area contributed by atoms with E-state index in [0.29, 0.717) is 5.41 Å². The molecular weight excluding hydrogens is 264 g/mol. The van der Waals surface area contributed by atoms with Gasteiger partial charge in [-0.3, -0.25) is 4.90 Å². The van der Waals surface area contributed by atoms with Crippen molar-refractivity contribution < 1.29 is 9.47 Å². The standard InChI is InChI=1S/C17H34N2O2/c1-6-18-11-17(7-9-20-10-8-17)14-19-12-15(2,3)21-16(4,5)13-19/h18H,6-14H2,1-5H3. The molecule has 2 aliphatic heterocycles. The van der Waals surface area contributed by atoms with Gasteiger partial charge in [-0.15, -0.1) is 0 Å². The molecule has 0 bridgehead atoms. The summed E-state index contributed by atoms with van der Waals surface area (Å²) in [6.07, 6.45) is 2.33. The van der Waals surface area contributed by atoms with Crippen LogP contribution in [-0.2, 0) is 9.47 Å². The van der Waals surface area contributed by atoms with Gasteiger partial charge < -0.3 is 14.8 Å². The van der Waals surface area contributed by atoms with Gasteiger partial charge in [0.15, 0.2) is 0 Å². The normalized spacial score (nSPS) is 28.4. The molecule has 0 atom stereocenters. The van der Waals surface area contributed by atoms with E-state index in [2.05, 4.69) is 44.8 Å². The van der Waals surface area contributed by atoms with Gasteiger partial charge in [-0.2, -0.15) is 0 Å². The van der Waals surface area contributed by atoms with Crippen LogP contribution in [0, 0.1) is 5.41 Å². The maximum Gasteiger partial charge on any atom is 0.0760 e. The van der Waals surface area contributed by atoms with E-state index >= 15 is 0 Å². The van der Waals surface area contributed by atoms with Crippen molar-refractivity contribution in [2.75, 3.05) is 45.9 Å². The van der Waals surface area contributed by atoms with Crippen molar-refractivity contribution in [3.05, 3.63) is 0 Å². The molecule has 1 N–H and O–H groups in total. The zero-order valence-corrected chi connectivity index (χ0v) is 14.6. The fourth-order valence-corrected chi connectivity index (χ4v) is 4.12. The monoisotopic (exact) mass is 298 g/mol. The summed E-state index contributed by atoms with van der Waals surface area (Å²) in [5, 5.41) is 3.58. The molecule has 2 heterocycles. The molecule has 0 aromatic rings. The summed E-state index contributed by atoms with van der Waals surface area (Å²) in [5.74, 6) is 0. The van der Waals surface area contributed by atoms with Crippen LogP contribution in [0.25, 0.3) is 0 Å². The van der Waals surface area contributed by atoms with E-state index in [9.17, 15) is 0 Å². The Bertz CT molecular complexity index is 320. The number of hydrogen-bond donors (Lipinski definition) is 1. The minimum atomic E-state index is -0.0632. The van der Waals surface area contributed by atoms with Crippen molar-refractivity contribution in [2.24, 2.45) is 5.41 Å². The van der Waals surface area contributed by atoms with Crippen molar-refractivity contribution in [2.45, 2.75) is 58.7 Å². The van der Waals surface area contributed by atoms with Gasteiger partial charge in [0.1, 0.15) is 0 Å². The molecule has 4 heteroatoms. The third-order valence-corrected chi connectivity index (χ3v) is 4.62. The van der Waals surface area contributed by atoms with Crippen LogP contribution in [0.3, 0.4) is 0 Å². The lowest BCUT2D eigenvalue weighted by atomic mass is 9.78. The van der Waals surface area contributed by atoms with Crippen LogP contribution < -0.4 is 5.32 Å². The van der Waals surface area contributed by atoms with E-state index in [0.717, 1.165) is 58.8 Å². The zero-order valence-electron chi connectivity index (χ0n) is 14.6. The van der Waals surface area contributed by atoms with Crippen LogP contribution in [-0.4, -0.2) is 62.0 Å². The van der Waals surface area contributed by atoms with Gasteiger partial charge >= 0.3 is 0 Å². The Morgan fingerprint density at radius 1 is 1.00 bits per heavy atom. The second-order valence-electron chi connectivity index (χ2n) is 8.16. The first-order valence-corrected chi connectivity index (χ1v) is 8.47. The number of nitrogens with one attached hydrogen (secondary N) is 1. The highest BCUT2D eigenvalue weighted by molar-refractivity contribution is 4.94. The smallest absolute Gasteiger partial charge is 0.0760 e. The summed E-state index contributed by atoms with van der Waals surface area (Å²) < 4.78 is 11.8. The Hall–Kier alpha value is -0.160. The average Bonchev–Trinajstić information content (AvgIpc) is 2.33. The molecule has 2 aliphatic rings. The molecule has 21 heavy (non-hydrogen) atoms. The molecule has 2 saturated heterocycles. The number of hydrogen-bond acceptors (Lipinski definition) is 4. The Morgan fingerprint density at radius 3 is 2.10 bits per heavy atom. The number of rotatable bonds is 5. The van der Waals surface area contributed by atoms with Gasteiger partial charge in [0.25, 0.3) is 0 Å². The summed E-state index contributed by atoms with van der Waals surface area (Å²) in [5.41, 5.74) is 0.232. The minimum absolute atomic E-state index is 0.0632. The van der Waals surface area contributed by atoms with Crippen molar-refractivity contribution in [3.63, 3.8) is 0 Å². The summed E-state index contributed by atoms with van der Waals surface area (Å²) in [4.78, 5) is 2.62. The molecule has 2 fully saturated rings. The minimum Gasteiger partial charge on any atom is -0.381 e. The van der Waals surface area contributed by atoms with Crippen molar-refractivity contribution in [1.29, 1.82) is 0 Å². The van der Waals surface area contributed by atoms with Crippen LogP contribution in [0.2, 0.25) is 0 Å². The van der Waals surface area contributed by atoms with Crippen LogP contribution in [0.15, 0.2) is 0 Å². The zero-order chi connectivity index (χ0) is 15.6. The average molecular weight is 298 g/mol. The molecule has 0 aromatic heterocycles. The number of nitrogens with zero attached hydrogens (tertiary/aromatic N) is 1. The molecule has 0 radical (unpaired) electrons. The Morgan fingerprint density at radius 2 is 1.57 bits per heavy atom. The Balaban J connectivity index is 2.05. The summed E-state index contributed by atoms with van der Waals surface area (Å²) in [6, 6.07) is 0. The molecule has 0 aromatic carbocycles. The maximum atomic E-state index is 6.21. The molecule has 2 rings (SSSR count). The topological polar surface area (TPSA) is 33.7 Å². The third kappa shape index (κ3) is 4.92. The van der Waals surface area contributed by atoms with E-state index < -0.39 is 0 Å². The molecular formula is C17H34N2O2. The van der Waals surface area contributed by atoms with Gasteiger partial charge in [-0.05, 0) is 52.5 Å². The van der Waals surface area contributed by atoms with Gasteiger partial charge in [0, 0.05) is 39.4 Å². The van der Waals surface area contributed by atoms with Gasteiger partial charge in [-0.25, -0.2) is 0 Å². The third-order valence-electron chi connectivity index (χ3n) is 4.62. The van der Waals surface area contributed by atoms with E-state index in [4.69, 9.17) is 9.47 Å². The van der Waals surface area contributed by atoms with Crippen molar-refractivity contribution in [3.8, 4) is 0 Å². The predicted octanol–water partition coefficient (Wildman–Crippen LogP) is 2.28. The first-order chi connectivity index (χ1) is 9.76. The van der Waals surface area contributed by atoms with Crippen molar-refractivity contribution >= 4 is 0 Å². The quantitative estimate of drug-likeness (QED) is 0.844. The maximum absolute atomic E-state index is 6.21. The highest BCUT2D eigenvalue weighted by Gasteiger charge is 2.42. The Labute approximate surface area is 130 Å². The lowest BCUT2D eigenvalue weighted by Gasteiger charge is -2.50. The summed E-state index contributed by atoms with van der Waals surface area (Å²) in [6.45, 7) is 18.2. The van der Waals surface area contributed by atoms with Crippen LogP contribution in [0.1, 0.15) is 47.5 Å². The predicted molar refractivity (Wildman–Crippen MR) is 86.7 cm³/mol. The van der Waals surface area contributed by atoms with Gasteiger partial charge in [0.05, 0.1) is 11.2 Å². The molecule has 124 valence electrons. The van der Waals surface area contributed by atoms with Crippen LogP contribution in [0.4, 0.5) is 0 Å². The molecule has 4 nitrogen and oxygen atoms in total. The first kappa shape index (κ1) is 17.2. The fraction of sp³-hybridized carbons (Fsp3) is 1.00. The molecule has 0 amide bonds. The van der Waals surface area contributed by atoms with E-state index in [1.165, 1.54) is 0 Å². The van der Waals surface area contributed by atoms with E-state index in [1.54, 1.807) is 0 Å². The summed E-state index contributed by atoms with van der Waals surface area (Å²) >= 11 is 0. The second kappa shape index (κ2) is 6.53. The number of morpholine rings is 1. The first-order valence-electron chi connectivity index (χ1n) is 8.47. The molecule has 0 spiro atoms.